The topological polar surface area (TPSA) is 115 Å². The Morgan fingerprint density at radius 1 is 0.862 bits per heavy atom. The summed E-state index contributed by atoms with van der Waals surface area (Å²) in [5, 5.41) is 7.14. The Morgan fingerprint density at radius 2 is 1.28 bits per heavy atom. The monoisotopic (exact) mass is 384 g/mol. The number of allylic oxidation sites excluding steroid dienone is 2. The van der Waals surface area contributed by atoms with Gasteiger partial charge < -0.3 is 0 Å². The van der Waals surface area contributed by atoms with Crippen LogP contribution in [-0.2, 0) is 4.79 Å². The molecule has 29 heavy (non-hydrogen) atoms. The number of hydrogen-bond acceptors (Lipinski definition) is 3. The average molecular weight is 384 g/mol. The van der Waals surface area contributed by atoms with Gasteiger partial charge in [0.2, 0.25) is 0 Å². The highest BCUT2D eigenvalue weighted by molar-refractivity contribution is 6.14. The van der Waals surface area contributed by atoms with Crippen LogP contribution in [0.3, 0.4) is 0 Å². The summed E-state index contributed by atoms with van der Waals surface area (Å²) in [7, 11) is 0. The minimum atomic E-state index is 0.0629. The molecular weight excluding hydrogens is 364 g/mol. The summed E-state index contributed by atoms with van der Waals surface area (Å²) in [5.74, 6) is 0.475. The van der Waals surface area contributed by atoms with E-state index in [4.69, 9.17) is 11.1 Å². The number of ketones is 1. The summed E-state index contributed by atoms with van der Waals surface area (Å²) in [6, 6.07) is 14.3. The van der Waals surface area contributed by atoms with Crippen LogP contribution in [-0.4, -0.2) is 5.78 Å². The molecule has 0 aromatic heterocycles. The zero-order valence-corrected chi connectivity index (χ0v) is 16.1. The van der Waals surface area contributed by atoms with Crippen molar-refractivity contribution in [2.75, 3.05) is 0 Å². The number of benzene rings is 2. The standard InChI is InChI=1S/C22H20N6O/c1-2-15-11-18(13-16-3-7-20(8-4-16)25-27-23)22(29)19(12-15)14-17-5-9-21(10-6-17)26-28-24/h3-10,13-15H,2,11-12H2,1H3. The molecule has 0 amide bonds. The molecular formula is C22H20N6O. The van der Waals surface area contributed by atoms with Gasteiger partial charge in [0.15, 0.2) is 5.78 Å². The number of rotatable bonds is 5. The third-order valence-corrected chi connectivity index (χ3v) is 4.97. The van der Waals surface area contributed by atoms with Crippen molar-refractivity contribution < 1.29 is 4.79 Å². The van der Waals surface area contributed by atoms with E-state index in [9.17, 15) is 4.79 Å². The predicted molar refractivity (Wildman–Crippen MR) is 114 cm³/mol. The molecule has 0 N–H and O–H groups in total. The highest BCUT2D eigenvalue weighted by Crippen LogP contribution is 2.34. The van der Waals surface area contributed by atoms with Gasteiger partial charge in [-0.15, -0.1) is 0 Å². The molecule has 1 aliphatic carbocycles. The highest BCUT2D eigenvalue weighted by atomic mass is 16.1. The second kappa shape index (κ2) is 9.42. The number of azide groups is 2. The van der Waals surface area contributed by atoms with Crippen LogP contribution in [0.2, 0.25) is 0 Å². The van der Waals surface area contributed by atoms with Crippen LogP contribution in [0.4, 0.5) is 11.4 Å². The third-order valence-electron chi connectivity index (χ3n) is 4.97. The largest absolute Gasteiger partial charge is 0.289 e. The molecule has 0 unspecified atom stereocenters. The first-order chi connectivity index (χ1) is 14.1. The first-order valence-corrected chi connectivity index (χ1v) is 9.39. The average Bonchev–Trinajstić information content (AvgIpc) is 2.74. The molecule has 0 atom stereocenters. The fourth-order valence-electron chi connectivity index (χ4n) is 3.40. The van der Waals surface area contributed by atoms with Gasteiger partial charge in [-0.2, -0.15) is 0 Å². The summed E-state index contributed by atoms with van der Waals surface area (Å²) in [4.78, 5) is 18.6. The van der Waals surface area contributed by atoms with Crippen molar-refractivity contribution in [3.05, 3.63) is 91.7 Å². The van der Waals surface area contributed by atoms with Gasteiger partial charge in [-0.05, 0) is 53.1 Å². The number of carbonyl (C=O) groups excluding carboxylic acids is 1. The van der Waals surface area contributed by atoms with Crippen molar-refractivity contribution in [1.82, 2.24) is 0 Å². The van der Waals surface area contributed by atoms with Crippen LogP contribution < -0.4 is 0 Å². The van der Waals surface area contributed by atoms with Crippen LogP contribution in [0.5, 0.6) is 0 Å². The van der Waals surface area contributed by atoms with Crippen molar-refractivity contribution in [1.29, 1.82) is 0 Å². The smallest absolute Gasteiger partial charge is 0.185 e. The number of nitrogens with zero attached hydrogens (tertiary/aromatic N) is 6. The molecule has 7 nitrogen and oxygen atoms in total. The Bertz CT molecular complexity index is 970. The van der Waals surface area contributed by atoms with Gasteiger partial charge >= 0.3 is 0 Å². The van der Waals surface area contributed by atoms with Crippen LogP contribution >= 0.6 is 0 Å². The molecule has 0 spiro atoms. The van der Waals surface area contributed by atoms with E-state index < -0.39 is 0 Å². The van der Waals surface area contributed by atoms with Gasteiger partial charge in [-0.3, -0.25) is 4.79 Å². The fourth-order valence-corrected chi connectivity index (χ4v) is 3.40. The van der Waals surface area contributed by atoms with Gasteiger partial charge in [0.1, 0.15) is 0 Å². The Hall–Kier alpha value is -3.79. The molecule has 0 heterocycles. The summed E-state index contributed by atoms with van der Waals surface area (Å²) in [5.41, 5.74) is 21.5. The Labute approximate surface area is 168 Å². The normalized spacial score (nSPS) is 18.9. The van der Waals surface area contributed by atoms with Gasteiger partial charge in [-0.1, -0.05) is 72.1 Å². The fraction of sp³-hybridized carbons (Fsp3) is 0.227. The Kier molecular flexibility index (Phi) is 6.48. The highest BCUT2D eigenvalue weighted by Gasteiger charge is 2.26. The molecule has 1 saturated carbocycles. The van der Waals surface area contributed by atoms with Crippen molar-refractivity contribution in [2.24, 2.45) is 16.1 Å². The Balaban J connectivity index is 1.89. The zero-order chi connectivity index (χ0) is 20.6. The maximum Gasteiger partial charge on any atom is 0.185 e. The molecule has 1 fully saturated rings. The van der Waals surface area contributed by atoms with Crippen LogP contribution in [0, 0.1) is 5.92 Å². The lowest BCUT2D eigenvalue weighted by Crippen LogP contribution is -2.19. The Morgan fingerprint density at radius 3 is 1.62 bits per heavy atom. The maximum absolute atomic E-state index is 13.1. The summed E-state index contributed by atoms with van der Waals surface area (Å²) in [6.45, 7) is 2.14. The van der Waals surface area contributed by atoms with Gasteiger partial charge in [-0.25, -0.2) is 0 Å². The number of Topliss-reactive ketones (excluding diaryl/α,β-unsaturated/α-hetero) is 1. The molecule has 0 bridgehead atoms. The van der Waals surface area contributed by atoms with E-state index in [0.29, 0.717) is 17.3 Å². The van der Waals surface area contributed by atoms with Gasteiger partial charge in [0.05, 0.1) is 0 Å². The first kappa shape index (κ1) is 20.0. The molecule has 7 heteroatoms. The molecule has 0 saturated heterocycles. The summed E-state index contributed by atoms with van der Waals surface area (Å²) >= 11 is 0. The van der Waals surface area contributed by atoms with Crippen molar-refractivity contribution in [3.8, 4) is 0 Å². The van der Waals surface area contributed by atoms with E-state index in [1.807, 2.05) is 36.4 Å². The van der Waals surface area contributed by atoms with E-state index in [-0.39, 0.29) is 5.78 Å². The van der Waals surface area contributed by atoms with E-state index in [2.05, 4.69) is 27.0 Å². The van der Waals surface area contributed by atoms with Crippen molar-refractivity contribution in [3.63, 3.8) is 0 Å². The van der Waals surface area contributed by atoms with E-state index in [1.54, 1.807) is 24.3 Å². The number of carbonyl (C=O) groups is 1. The number of hydrogen-bond donors (Lipinski definition) is 0. The molecule has 2 aromatic rings. The lowest BCUT2D eigenvalue weighted by atomic mass is 9.78. The predicted octanol–water partition coefficient (Wildman–Crippen LogP) is 7.43. The maximum atomic E-state index is 13.1. The molecule has 2 aromatic carbocycles. The lowest BCUT2D eigenvalue weighted by Gasteiger charge is -2.25. The van der Waals surface area contributed by atoms with Crippen LogP contribution in [0.1, 0.15) is 37.3 Å². The SMILES string of the molecule is CCC1CC(=Cc2ccc(N=[N+]=[N-])cc2)C(=O)C(=Cc2ccc(N=[N+]=[N-])cc2)C1. The van der Waals surface area contributed by atoms with Crippen LogP contribution in [0.15, 0.2) is 69.9 Å². The minimum absolute atomic E-state index is 0.0629. The first-order valence-electron chi connectivity index (χ1n) is 9.39. The van der Waals surface area contributed by atoms with Crippen molar-refractivity contribution in [2.45, 2.75) is 26.2 Å². The van der Waals surface area contributed by atoms with Crippen molar-refractivity contribution >= 4 is 29.3 Å². The molecule has 1 aliphatic rings. The van der Waals surface area contributed by atoms with Gasteiger partial charge in [0.25, 0.3) is 0 Å². The third kappa shape index (κ3) is 5.14. The second-order valence-corrected chi connectivity index (χ2v) is 6.91. The van der Waals surface area contributed by atoms with Gasteiger partial charge in [0, 0.05) is 32.3 Å². The molecule has 3 rings (SSSR count). The minimum Gasteiger partial charge on any atom is -0.289 e. The van der Waals surface area contributed by atoms with E-state index in [0.717, 1.165) is 41.5 Å². The second-order valence-electron chi connectivity index (χ2n) is 6.91. The van der Waals surface area contributed by atoms with Crippen LogP contribution in [0.25, 0.3) is 33.0 Å². The zero-order valence-electron chi connectivity index (χ0n) is 16.1. The molecule has 0 aliphatic heterocycles. The quantitative estimate of drug-likeness (QED) is 0.227. The summed E-state index contributed by atoms with van der Waals surface area (Å²) < 4.78 is 0. The van der Waals surface area contributed by atoms with E-state index >= 15 is 0 Å². The lowest BCUT2D eigenvalue weighted by molar-refractivity contribution is -0.113. The summed E-state index contributed by atoms with van der Waals surface area (Å²) in [6.07, 6.45) is 6.33. The molecule has 144 valence electrons. The molecule has 0 radical (unpaired) electrons. The van der Waals surface area contributed by atoms with E-state index in [1.165, 1.54) is 0 Å².